The van der Waals surface area contributed by atoms with Crippen LogP contribution in [0.4, 0.5) is 17.6 Å². The second-order valence-corrected chi connectivity index (χ2v) is 5.88. The molecule has 1 atom stereocenters. The molecule has 1 aliphatic heterocycles. The third-order valence-corrected chi connectivity index (χ3v) is 4.89. The van der Waals surface area contributed by atoms with Crippen molar-refractivity contribution < 1.29 is 33.8 Å². The molecule has 0 radical (unpaired) electrons. The lowest BCUT2D eigenvalue weighted by Gasteiger charge is -2.13. The Kier molecular flexibility index (Phi) is 1.79. The second-order valence-electron chi connectivity index (χ2n) is 2.17. The number of halogens is 4. The third-order valence-electron chi connectivity index (χ3n) is 1.24. The Hall–Kier alpha value is -0.350. The molecule has 1 unspecified atom stereocenters. The van der Waals surface area contributed by atoms with Gasteiger partial charge >= 0.3 is 20.6 Å². The van der Waals surface area contributed by atoms with E-state index in [1.807, 2.05) is 0 Å². The van der Waals surface area contributed by atoms with E-state index in [2.05, 4.69) is 9.50 Å². The molecule has 78 valence electrons. The monoisotopic (exact) mass is 242 g/mol. The van der Waals surface area contributed by atoms with Gasteiger partial charge in [0.25, 0.3) is 0 Å². The molecule has 0 aromatic heterocycles. The summed E-state index contributed by atoms with van der Waals surface area (Å²) in [5, 5.41) is -10.8. The topological polar surface area (TPSA) is 60.4 Å². The molecular weight excluding hydrogens is 240 g/mol. The molecule has 4 nitrogen and oxygen atoms in total. The Morgan fingerprint density at radius 1 is 1.00 bits per heavy atom. The molecule has 13 heavy (non-hydrogen) atoms. The van der Waals surface area contributed by atoms with Crippen LogP contribution in [0.2, 0.25) is 0 Å². The molecule has 0 aromatic rings. The number of hydrogen-bond donors (Lipinski definition) is 0. The van der Waals surface area contributed by atoms with Crippen molar-refractivity contribution >= 4 is 25.8 Å². The minimum absolute atomic E-state index is 2.11. The first-order valence-electron chi connectivity index (χ1n) is 2.54. The van der Waals surface area contributed by atoms with Gasteiger partial charge in [-0.2, -0.15) is 29.6 Å². The minimum atomic E-state index is -5.86. The Morgan fingerprint density at radius 3 is 1.46 bits per heavy atom. The van der Waals surface area contributed by atoms with E-state index >= 15 is 0 Å². The Morgan fingerprint density at radius 2 is 1.38 bits per heavy atom. The molecule has 0 aliphatic carbocycles. The zero-order chi connectivity index (χ0) is 10.7. The first-order chi connectivity index (χ1) is 5.46. The molecule has 10 heteroatoms. The fourth-order valence-corrected chi connectivity index (χ4v) is 3.74. The van der Waals surface area contributed by atoms with Crippen LogP contribution in [0.1, 0.15) is 0 Å². The maximum atomic E-state index is 12.4. The predicted molar refractivity (Wildman–Crippen MR) is 35.2 cm³/mol. The van der Waals surface area contributed by atoms with E-state index in [-0.39, 0.29) is 0 Å². The van der Waals surface area contributed by atoms with Crippen molar-refractivity contribution in [2.24, 2.45) is 0 Å². The highest BCUT2D eigenvalue weighted by Gasteiger charge is 2.78. The van der Waals surface area contributed by atoms with Gasteiger partial charge in [-0.15, -0.1) is 0 Å². The summed E-state index contributed by atoms with van der Waals surface area (Å²) in [6.07, 6.45) is 0. The molecule has 0 aromatic carbocycles. The van der Waals surface area contributed by atoms with Crippen molar-refractivity contribution in [3.63, 3.8) is 0 Å². The second kappa shape index (κ2) is 2.17. The van der Waals surface area contributed by atoms with Crippen LogP contribution >= 0.6 is 0 Å². The number of alkyl halides is 4. The van der Waals surface area contributed by atoms with Crippen LogP contribution in [0.15, 0.2) is 0 Å². The highest BCUT2D eigenvalue weighted by atomic mass is 32.3. The average molecular weight is 242 g/mol. The molecular formula is C3H2F4O4S2. The predicted octanol–water partition coefficient (Wildman–Crippen LogP) is 0.163. The van der Waals surface area contributed by atoms with Gasteiger partial charge < -0.3 is 0 Å². The van der Waals surface area contributed by atoms with E-state index in [0.717, 1.165) is 0 Å². The summed E-state index contributed by atoms with van der Waals surface area (Å²) in [7, 11) is -11.0. The summed E-state index contributed by atoms with van der Waals surface area (Å²) in [4.78, 5) is 0. The van der Waals surface area contributed by atoms with E-state index in [1.165, 1.54) is 0 Å². The molecule has 1 heterocycles. The van der Waals surface area contributed by atoms with Crippen LogP contribution in [-0.2, 0) is 23.6 Å². The lowest BCUT2D eigenvalue weighted by molar-refractivity contribution is -0.0897. The van der Waals surface area contributed by atoms with Gasteiger partial charge in [0, 0.05) is 0 Å². The largest absolute Gasteiger partial charge is 0.447 e. The molecule has 0 bridgehead atoms. The zero-order valence-corrected chi connectivity index (χ0v) is 7.30. The lowest BCUT2D eigenvalue weighted by atomic mass is 10.7. The van der Waals surface area contributed by atoms with Crippen LogP contribution in [0.25, 0.3) is 0 Å². The number of hydrogen-bond acceptors (Lipinski definition) is 4. The van der Waals surface area contributed by atoms with E-state index in [1.54, 1.807) is 0 Å². The maximum absolute atomic E-state index is 12.4. The van der Waals surface area contributed by atoms with Gasteiger partial charge in [0.05, 0.1) is 0 Å². The summed E-state index contributed by atoms with van der Waals surface area (Å²) < 4.78 is 83.5. The molecule has 1 saturated heterocycles. The summed E-state index contributed by atoms with van der Waals surface area (Å²) in [5.74, 6) is 2.11. The van der Waals surface area contributed by atoms with Crippen LogP contribution in [0.5, 0.6) is 0 Å². The zero-order valence-electron chi connectivity index (χ0n) is 5.67. The minimum Gasteiger partial charge on any atom is -0.233 e. The van der Waals surface area contributed by atoms with Crippen molar-refractivity contribution in [1.82, 2.24) is 0 Å². The van der Waals surface area contributed by atoms with Crippen LogP contribution < -0.4 is 0 Å². The SMILES string of the molecule is C=S1(=O)OS(=O)(=O)C(F)(F)C1(F)F. The lowest BCUT2D eigenvalue weighted by Crippen LogP contribution is -2.42. The van der Waals surface area contributed by atoms with Crippen LogP contribution in [-0.4, -0.2) is 29.0 Å². The summed E-state index contributed by atoms with van der Waals surface area (Å²) in [6.45, 7) is 0. The normalized spacial score (nSPS) is 40.3. The summed E-state index contributed by atoms with van der Waals surface area (Å²) in [5.41, 5.74) is 0. The summed E-state index contributed by atoms with van der Waals surface area (Å²) in [6, 6.07) is 0. The van der Waals surface area contributed by atoms with Gasteiger partial charge in [-0.3, -0.25) is 0 Å². The van der Waals surface area contributed by atoms with Gasteiger partial charge in [0.1, 0.15) is 0 Å². The Labute approximate surface area is 70.8 Å². The van der Waals surface area contributed by atoms with Gasteiger partial charge in [-0.25, -0.2) is 4.21 Å². The quantitative estimate of drug-likeness (QED) is 0.448. The smallest absolute Gasteiger partial charge is 0.233 e. The van der Waals surface area contributed by atoms with Crippen molar-refractivity contribution in [2.45, 2.75) is 10.5 Å². The van der Waals surface area contributed by atoms with Gasteiger partial charge in [0.2, 0.25) is 0 Å². The standard InChI is InChI=1S/C3H2F4O4S2/c1-12(8)2(4,5)3(6,7)13(9,10)11-12/h1H2. The molecule has 0 spiro atoms. The molecule has 0 saturated carbocycles. The molecule has 0 N–H and O–H groups in total. The molecule has 1 fully saturated rings. The average Bonchev–Trinajstić information content (AvgIpc) is 1.88. The first-order valence-corrected chi connectivity index (χ1v) is 5.60. The van der Waals surface area contributed by atoms with Crippen LogP contribution in [0, 0.1) is 0 Å². The van der Waals surface area contributed by atoms with Gasteiger partial charge in [-0.05, 0) is 5.87 Å². The van der Waals surface area contributed by atoms with E-state index in [4.69, 9.17) is 0 Å². The fraction of sp³-hybridized carbons (Fsp3) is 0.667. The van der Waals surface area contributed by atoms with E-state index in [9.17, 15) is 30.2 Å². The molecule has 1 aliphatic rings. The maximum Gasteiger partial charge on any atom is 0.447 e. The van der Waals surface area contributed by atoms with Crippen molar-refractivity contribution in [3.05, 3.63) is 0 Å². The first kappa shape index (κ1) is 10.7. The Bertz CT molecular complexity index is 390. The van der Waals surface area contributed by atoms with E-state index in [0.29, 0.717) is 0 Å². The highest BCUT2D eigenvalue weighted by Crippen LogP contribution is 2.50. The number of rotatable bonds is 0. The van der Waals surface area contributed by atoms with Crippen LogP contribution in [0.3, 0.4) is 0 Å². The van der Waals surface area contributed by atoms with Crippen molar-refractivity contribution in [3.8, 4) is 0 Å². The Balaban J connectivity index is 3.61. The van der Waals surface area contributed by atoms with E-state index < -0.39 is 30.4 Å². The third kappa shape index (κ3) is 1.02. The van der Waals surface area contributed by atoms with Gasteiger partial charge in [0.15, 0.2) is 9.80 Å². The molecule has 0 amide bonds. The molecule has 1 rings (SSSR count). The van der Waals surface area contributed by atoms with Crippen molar-refractivity contribution in [2.75, 3.05) is 0 Å². The van der Waals surface area contributed by atoms with Gasteiger partial charge in [-0.1, -0.05) is 0 Å². The highest BCUT2D eigenvalue weighted by molar-refractivity contribution is 8.09. The summed E-state index contributed by atoms with van der Waals surface area (Å²) >= 11 is 0. The van der Waals surface area contributed by atoms with Crippen molar-refractivity contribution in [1.29, 1.82) is 0 Å². The fourth-order valence-electron chi connectivity index (χ4n) is 0.557.